The third-order valence-electron chi connectivity index (χ3n) is 19.7. The topological polar surface area (TPSA) is 6.48 Å². The van der Waals surface area contributed by atoms with Gasteiger partial charge in [-0.3, -0.25) is 0 Å². The average Bonchev–Trinajstić information content (AvgIpc) is 3.61. The van der Waals surface area contributed by atoms with Crippen LogP contribution < -0.4 is 26.2 Å². The number of nitrogens with zero attached hydrogens (tertiary/aromatic N) is 2. The minimum absolute atomic E-state index is 0.0283. The summed E-state index contributed by atoms with van der Waals surface area (Å²) in [6.45, 7) is 9.53. The minimum Gasteiger partial charge on any atom is -0.311 e. The Morgan fingerprint density at radius 1 is 0.420 bits per heavy atom. The van der Waals surface area contributed by atoms with Gasteiger partial charge < -0.3 is 9.80 Å². The molecule has 1 saturated carbocycles. The van der Waals surface area contributed by atoms with Gasteiger partial charge >= 0.3 is 0 Å². The summed E-state index contributed by atoms with van der Waals surface area (Å²) in [5.74, 6) is 0.941. The Kier molecular flexibility index (Phi) is 12.1. The maximum atomic E-state index is 2.63. The first-order chi connectivity index (χ1) is 39.7. The Morgan fingerprint density at radius 2 is 0.877 bits per heavy atom. The predicted molar refractivity (Wildman–Crippen MR) is 344 cm³/mol. The molecule has 0 saturated heterocycles. The summed E-state index contributed by atoms with van der Waals surface area (Å²) in [7, 11) is 0. The van der Waals surface area contributed by atoms with Crippen LogP contribution in [0.4, 0.5) is 34.1 Å². The number of fused-ring (bicyclic) bond motifs is 7. The molecule has 0 bridgehead atoms. The van der Waals surface area contributed by atoms with Crippen LogP contribution in [0.3, 0.4) is 0 Å². The monoisotopic (exact) mass is 1040 g/mol. The zero-order valence-electron chi connectivity index (χ0n) is 47.3. The molecule has 0 N–H and O–H groups in total. The standard InChI is InChI=1S/C78H69BN2/c1-77(2,54-28-12-6-13-29-54)56-42-46-68-70(50-56)80(58-32-16-8-17-33-58)72-48-53(49-73-76(72)79(68)69-47-43-57(78(3,4)55-30-14-7-15-31-55)51-71(69)81(73)59-34-18-9-19-35-59)74-63-38-22-24-40-65(63)75(66-41-25-23-39-64(66)74)67-45-44-60(52-26-10-5-11-27-52)61-36-20-21-37-62(61)67/h5-19,22,24,26-35,38,40,42-51,60-61H,20-21,23,25,36-37,39,41H2,1-4H3. The number of rotatable bonds is 9. The van der Waals surface area contributed by atoms with Crippen molar-refractivity contribution in [1.29, 1.82) is 0 Å². The van der Waals surface area contributed by atoms with E-state index in [1.807, 2.05) is 0 Å². The number of benzene rings is 10. The van der Waals surface area contributed by atoms with E-state index in [1.165, 1.54) is 150 Å². The molecule has 0 spiro atoms. The maximum Gasteiger partial charge on any atom is 0.252 e. The van der Waals surface area contributed by atoms with Gasteiger partial charge in [0.2, 0.25) is 0 Å². The number of hydrogen-bond acceptors (Lipinski definition) is 2. The summed E-state index contributed by atoms with van der Waals surface area (Å²) in [6.07, 6.45) is 14.7. The Labute approximate surface area is 480 Å². The van der Waals surface area contributed by atoms with Crippen LogP contribution in [0.25, 0.3) is 27.5 Å². The lowest BCUT2D eigenvalue weighted by Crippen LogP contribution is -2.61. The zero-order valence-corrected chi connectivity index (χ0v) is 47.3. The van der Waals surface area contributed by atoms with Crippen molar-refractivity contribution in [2.45, 2.75) is 95.8 Å². The third kappa shape index (κ3) is 8.05. The van der Waals surface area contributed by atoms with E-state index < -0.39 is 0 Å². The zero-order chi connectivity index (χ0) is 54.4. The van der Waals surface area contributed by atoms with E-state index in [2.05, 4.69) is 274 Å². The SMILES string of the molecule is CC(C)(c1ccccc1)c1ccc2c(c1)N(c1ccccc1)c1cc(-c3c4c(c(C5=C6CCCCC6C(c6ccccc6)C=C5)c5ccccc35)CCCC4)cc3c1B2c1ccc(C(C)(C)c2ccccc2)cc1N3c1ccccc1. The van der Waals surface area contributed by atoms with Gasteiger partial charge in [-0.05, 0) is 188 Å². The highest BCUT2D eigenvalue weighted by molar-refractivity contribution is 7.00. The van der Waals surface area contributed by atoms with E-state index >= 15 is 0 Å². The van der Waals surface area contributed by atoms with Crippen molar-refractivity contribution in [1.82, 2.24) is 0 Å². The van der Waals surface area contributed by atoms with Gasteiger partial charge in [-0.15, -0.1) is 0 Å². The van der Waals surface area contributed by atoms with Gasteiger partial charge in [0, 0.05) is 50.9 Å². The highest BCUT2D eigenvalue weighted by Crippen LogP contribution is 2.54. The summed E-state index contributed by atoms with van der Waals surface area (Å²) in [4.78, 5) is 5.27. The van der Waals surface area contributed by atoms with Crippen LogP contribution in [-0.4, -0.2) is 6.71 Å². The minimum atomic E-state index is -0.248. The molecule has 15 rings (SSSR count). The molecule has 5 aliphatic rings. The van der Waals surface area contributed by atoms with Crippen LogP contribution in [0.2, 0.25) is 0 Å². The number of para-hydroxylation sites is 2. The molecule has 10 aromatic rings. The third-order valence-corrected chi connectivity index (χ3v) is 19.7. The molecule has 81 heavy (non-hydrogen) atoms. The lowest BCUT2D eigenvalue weighted by atomic mass is 9.33. The molecule has 10 aromatic carbocycles. The predicted octanol–water partition coefficient (Wildman–Crippen LogP) is 18.4. The van der Waals surface area contributed by atoms with E-state index in [0.717, 1.165) is 12.8 Å². The van der Waals surface area contributed by atoms with Crippen molar-refractivity contribution in [2.24, 2.45) is 5.92 Å². The molecular weight excluding hydrogens is 976 g/mol. The van der Waals surface area contributed by atoms with E-state index in [1.54, 1.807) is 16.7 Å². The lowest BCUT2D eigenvalue weighted by molar-refractivity contribution is 0.420. The van der Waals surface area contributed by atoms with Crippen LogP contribution in [0.5, 0.6) is 0 Å². The summed E-state index contributed by atoms with van der Waals surface area (Å²) in [5.41, 5.74) is 28.0. The van der Waals surface area contributed by atoms with E-state index in [-0.39, 0.29) is 17.5 Å². The molecule has 1 fully saturated rings. The van der Waals surface area contributed by atoms with Gasteiger partial charge in [0.25, 0.3) is 6.71 Å². The fourth-order valence-electron chi connectivity index (χ4n) is 15.5. The second-order valence-corrected chi connectivity index (χ2v) is 24.8. The van der Waals surface area contributed by atoms with Crippen molar-refractivity contribution >= 4 is 73.6 Å². The van der Waals surface area contributed by atoms with Crippen molar-refractivity contribution in [3.63, 3.8) is 0 Å². The van der Waals surface area contributed by atoms with Gasteiger partial charge in [0.1, 0.15) is 0 Å². The fourth-order valence-corrected chi connectivity index (χ4v) is 15.5. The smallest absolute Gasteiger partial charge is 0.252 e. The first-order valence-electron chi connectivity index (χ1n) is 30.1. The normalized spacial score (nSPS) is 17.3. The highest BCUT2D eigenvalue weighted by atomic mass is 15.2. The van der Waals surface area contributed by atoms with Crippen LogP contribution in [0, 0.1) is 5.92 Å². The quantitative estimate of drug-likeness (QED) is 0.133. The highest BCUT2D eigenvalue weighted by Gasteiger charge is 2.45. The summed E-state index contributed by atoms with van der Waals surface area (Å²) in [5, 5.41) is 2.75. The number of hydrogen-bond donors (Lipinski definition) is 0. The first-order valence-corrected chi connectivity index (χ1v) is 30.1. The van der Waals surface area contributed by atoms with Crippen LogP contribution >= 0.6 is 0 Å². The molecule has 2 atom stereocenters. The molecule has 3 aliphatic carbocycles. The average molecular weight is 1050 g/mol. The van der Waals surface area contributed by atoms with Crippen molar-refractivity contribution in [2.75, 3.05) is 9.80 Å². The molecule has 2 aliphatic heterocycles. The molecule has 394 valence electrons. The number of anilines is 6. The Morgan fingerprint density at radius 3 is 1.41 bits per heavy atom. The maximum absolute atomic E-state index is 2.63. The van der Waals surface area contributed by atoms with Gasteiger partial charge in [0.05, 0.1) is 0 Å². The van der Waals surface area contributed by atoms with Gasteiger partial charge in [-0.2, -0.15) is 0 Å². The largest absolute Gasteiger partial charge is 0.311 e. The van der Waals surface area contributed by atoms with E-state index in [9.17, 15) is 0 Å². The Balaban J connectivity index is 1.02. The molecule has 2 nitrogen and oxygen atoms in total. The summed E-state index contributed by atoms with van der Waals surface area (Å²) >= 11 is 0. The van der Waals surface area contributed by atoms with E-state index in [4.69, 9.17) is 0 Å². The molecule has 2 unspecified atom stereocenters. The van der Waals surface area contributed by atoms with Crippen LogP contribution in [0.1, 0.15) is 117 Å². The summed E-state index contributed by atoms with van der Waals surface area (Å²) < 4.78 is 0. The van der Waals surface area contributed by atoms with Gasteiger partial charge in [-0.1, -0.05) is 228 Å². The second kappa shape index (κ2) is 19.7. The van der Waals surface area contributed by atoms with Crippen LogP contribution in [-0.2, 0) is 23.7 Å². The molecule has 0 aromatic heterocycles. The van der Waals surface area contributed by atoms with Crippen molar-refractivity contribution in [3.8, 4) is 11.1 Å². The van der Waals surface area contributed by atoms with Crippen LogP contribution in [0.15, 0.2) is 242 Å². The number of allylic oxidation sites excluding steroid dienone is 4. The van der Waals surface area contributed by atoms with Crippen molar-refractivity contribution in [3.05, 3.63) is 287 Å². The van der Waals surface area contributed by atoms with Gasteiger partial charge in [-0.25, -0.2) is 0 Å². The molecule has 3 heteroatoms. The first kappa shape index (κ1) is 49.6. The van der Waals surface area contributed by atoms with Gasteiger partial charge in [0.15, 0.2) is 0 Å². The molecule has 0 amide bonds. The fraction of sp³-hybridized carbons (Fsp3) is 0.205. The Bertz CT molecular complexity index is 3950. The van der Waals surface area contributed by atoms with E-state index in [0.29, 0.717) is 11.8 Å². The summed E-state index contributed by atoms with van der Waals surface area (Å²) in [6, 6.07) is 85.7. The Hall–Kier alpha value is -8.40. The van der Waals surface area contributed by atoms with Crippen molar-refractivity contribution < 1.29 is 0 Å². The molecule has 0 radical (unpaired) electrons. The second-order valence-electron chi connectivity index (χ2n) is 24.8. The lowest BCUT2D eigenvalue weighted by Gasteiger charge is -2.45. The molecular formula is C78H69BN2. The molecule has 2 heterocycles.